The van der Waals surface area contributed by atoms with Gasteiger partial charge in [0.1, 0.15) is 0 Å². The summed E-state index contributed by atoms with van der Waals surface area (Å²) in [6.07, 6.45) is 1.10. The molecule has 0 bridgehead atoms. The molecule has 5 nitrogen and oxygen atoms in total. The highest BCUT2D eigenvalue weighted by atomic mass is 32.1. The van der Waals surface area contributed by atoms with Crippen molar-refractivity contribution in [2.24, 2.45) is 5.92 Å². The van der Waals surface area contributed by atoms with E-state index in [0.717, 1.165) is 29.5 Å². The second kappa shape index (κ2) is 6.54. The number of nitrogens with one attached hydrogen (secondary N) is 1. The number of esters is 1. The highest BCUT2D eigenvalue weighted by Gasteiger charge is 2.25. The van der Waals surface area contributed by atoms with E-state index in [0.29, 0.717) is 24.3 Å². The fraction of sp³-hybridized carbons (Fsp3) is 0.714. The van der Waals surface area contributed by atoms with E-state index < -0.39 is 0 Å². The minimum absolute atomic E-state index is 0.328. The van der Waals surface area contributed by atoms with Gasteiger partial charge in [-0.05, 0) is 39.8 Å². The number of anilines is 1. The first-order valence-electron chi connectivity index (χ1n) is 7.11. The second-order valence-corrected chi connectivity index (χ2v) is 6.63. The number of thiazole rings is 1. The number of hydrogen-bond donors (Lipinski definition) is 1. The molecule has 2 atom stereocenters. The Bertz CT molecular complexity index is 475. The molecule has 1 fully saturated rings. The number of aryl methyl sites for hydroxylation is 1. The maximum Gasteiger partial charge on any atom is 0.358 e. The lowest BCUT2D eigenvalue weighted by Gasteiger charge is -2.35. The standard InChI is InChI=1S/C14H23N3O2S/c1-5-19-13(18)12-10(3)20-14(16-12)15-11-6-7-17(4)8-9(11)2/h9,11H,5-8H2,1-4H3,(H,15,16). The molecule has 2 heterocycles. The van der Waals surface area contributed by atoms with Crippen molar-refractivity contribution in [2.75, 3.05) is 32.1 Å². The molecule has 2 rings (SSSR count). The van der Waals surface area contributed by atoms with Gasteiger partial charge in [0, 0.05) is 17.5 Å². The number of ether oxygens (including phenoxy) is 1. The molecule has 2 unspecified atom stereocenters. The first-order chi connectivity index (χ1) is 9.51. The van der Waals surface area contributed by atoms with Crippen LogP contribution in [0, 0.1) is 12.8 Å². The number of carbonyl (C=O) groups is 1. The lowest BCUT2D eigenvalue weighted by atomic mass is 9.94. The Morgan fingerprint density at radius 3 is 3.00 bits per heavy atom. The summed E-state index contributed by atoms with van der Waals surface area (Å²) in [6, 6.07) is 0.423. The van der Waals surface area contributed by atoms with Gasteiger partial charge in [0.2, 0.25) is 0 Å². The Morgan fingerprint density at radius 1 is 1.60 bits per heavy atom. The Balaban J connectivity index is 2.03. The number of likely N-dealkylation sites (tertiary alicyclic amines) is 1. The first kappa shape index (κ1) is 15.3. The average Bonchev–Trinajstić information content (AvgIpc) is 2.74. The van der Waals surface area contributed by atoms with Crippen LogP contribution in [0.15, 0.2) is 0 Å². The Labute approximate surface area is 124 Å². The van der Waals surface area contributed by atoms with Crippen LogP contribution in [0.25, 0.3) is 0 Å². The van der Waals surface area contributed by atoms with Gasteiger partial charge in [0.25, 0.3) is 0 Å². The van der Waals surface area contributed by atoms with Gasteiger partial charge in [0.15, 0.2) is 10.8 Å². The molecule has 1 saturated heterocycles. The molecule has 1 aliphatic rings. The molecule has 0 aliphatic carbocycles. The number of aromatic nitrogens is 1. The predicted molar refractivity (Wildman–Crippen MR) is 81.5 cm³/mol. The molecule has 20 heavy (non-hydrogen) atoms. The van der Waals surface area contributed by atoms with Crippen LogP contribution >= 0.6 is 11.3 Å². The topological polar surface area (TPSA) is 54.5 Å². The third-order valence-corrected chi connectivity index (χ3v) is 4.58. The number of hydrogen-bond acceptors (Lipinski definition) is 6. The normalized spacial score (nSPS) is 23.6. The predicted octanol–water partition coefficient (Wildman–Crippen LogP) is 2.38. The SMILES string of the molecule is CCOC(=O)c1nc(NC2CCN(C)CC2C)sc1C. The lowest BCUT2D eigenvalue weighted by Crippen LogP contribution is -2.43. The molecule has 0 spiro atoms. The van der Waals surface area contributed by atoms with Crippen LogP contribution < -0.4 is 5.32 Å². The van der Waals surface area contributed by atoms with Gasteiger partial charge in [0.05, 0.1) is 6.61 Å². The summed E-state index contributed by atoms with van der Waals surface area (Å²) < 4.78 is 5.02. The largest absolute Gasteiger partial charge is 0.461 e. The van der Waals surface area contributed by atoms with Crippen molar-refractivity contribution in [3.05, 3.63) is 10.6 Å². The fourth-order valence-corrected chi connectivity index (χ4v) is 3.44. The highest BCUT2D eigenvalue weighted by Crippen LogP contribution is 2.26. The molecule has 0 radical (unpaired) electrons. The molecule has 1 aromatic rings. The molecule has 1 aliphatic heterocycles. The van der Waals surface area contributed by atoms with Crippen molar-refractivity contribution in [1.82, 2.24) is 9.88 Å². The van der Waals surface area contributed by atoms with Crippen molar-refractivity contribution in [1.29, 1.82) is 0 Å². The molecule has 0 amide bonds. The van der Waals surface area contributed by atoms with Crippen molar-refractivity contribution >= 4 is 22.4 Å². The molecule has 1 aromatic heterocycles. The Kier molecular flexibility index (Phi) is 4.99. The Hall–Kier alpha value is -1.14. The minimum atomic E-state index is -0.328. The van der Waals surface area contributed by atoms with Crippen LogP contribution in [0.4, 0.5) is 5.13 Å². The monoisotopic (exact) mass is 297 g/mol. The quantitative estimate of drug-likeness (QED) is 0.865. The maximum absolute atomic E-state index is 11.8. The zero-order valence-corrected chi connectivity index (χ0v) is 13.4. The average molecular weight is 297 g/mol. The van der Waals surface area contributed by atoms with Gasteiger partial charge in [-0.3, -0.25) is 0 Å². The van der Waals surface area contributed by atoms with Crippen LogP contribution in [0.1, 0.15) is 35.6 Å². The van der Waals surface area contributed by atoms with Crippen molar-refractivity contribution in [3.8, 4) is 0 Å². The smallest absolute Gasteiger partial charge is 0.358 e. The molecule has 112 valence electrons. The molecule has 0 saturated carbocycles. The van der Waals surface area contributed by atoms with E-state index in [9.17, 15) is 4.79 Å². The first-order valence-corrected chi connectivity index (χ1v) is 7.92. The van der Waals surface area contributed by atoms with Crippen molar-refractivity contribution in [2.45, 2.75) is 33.2 Å². The van der Waals surface area contributed by atoms with E-state index in [4.69, 9.17) is 4.74 Å². The van der Waals surface area contributed by atoms with Crippen LogP contribution in [-0.2, 0) is 4.74 Å². The molecule has 1 N–H and O–H groups in total. The van der Waals surface area contributed by atoms with Gasteiger partial charge in [-0.1, -0.05) is 6.92 Å². The van der Waals surface area contributed by atoms with Crippen LogP contribution in [-0.4, -0.2) is 48.6 Å². The zero-order chi connectivity index (χ0) is 14.7. The summed E-state index contributed by atoms with van der Waals surface area (Å²) in [6.45, 7) is 8.53. The third-order valence-electron chi connectivity index (χ3n) is 3.68. The number of nitrogens with zero attached hydrogens (tertiary/aromatic N) is 2. The summed E-state index contributed by atoms with van der Waals surface area (Å²) >= 11 is 1.53. The lowest BCUT2D eigenvalue weighted by molar-refractivity contribution is 0.0519. The van der Waals surface area contributed by atoms with Gasteiger partial charge in [-0.15, -0.1) is 11.3 Å². The zero-order valence-electron chi connectivity index (χ0n) is 12.6. The van der Waals surface area contributed by atoms with E-state index in [1.165, 1.54) is 11.3 Å². The number of carbonyl (C=O) groups excluding carboxylic acids is 1. The van der Waals surface area contributed by atoms with E-state index in [1.807, 2.05) is 6.92 Å². The van der Waals surface area contributed by atoms with Gasteiger partial charge >= 0.3 is 5.97 Å². The number of rotatable bonds is 4. The van der Waals surface area contributed by atoms with Gasteiger partial charge < -0.3 is 15.0 Å². The second-order valence-electron chi connectivity index (χ2n) is 5.42. The maximum atomic E-state index is 11.8. The van der Waals surface area contributed by atoms with Crippen LogP contribution in [0.3, 0.4) is 0 Å². The summed E-state index contributed by atoms with van der Waals surface area (Å²) in [7, 11) is 2.15. The van der Waals surface area contributed by atoms with Gasteiger partial charge in [-0.25, -0.2) is 9.78 Å². The minimum Gasteiger partial charge on any atom is -0.461 e. The molecular formula is C14H23N3O2S. The van der Waals surface area contributed by atoms with Crippen molar-refractivity contribution in [3.63, 3.8) is 0 Å². The number of piperidine rings is 1. The van der Waals surface area contributed by atoms with Crippen LogP contribution in [0.2, 0.25) is 0 Å². The van der Waals surface area contributed by atoms with Gasteiger partial charge in [-0.2, -0.15) is 0 Å². The summed E-state index contributed by atoms with van der Waals surface area (Å²) in [5.74, 6) is 0.245. The van der Waals surface area contributed by atoms with E-state index >= 15 is 0 Å². The van der Waals surface area contributed by atoms with Crippen molar-refractivity contribution < 1.29 is 9.53 Å². The summed E-state index contributed by atoms with van der Waals surface area (Å²) in [5, 5.41) is 4.31. The summed E-state index contributed by atoms with van der Waals surface area (Å²) in [4.78, 5) is 19.4. The fourth-order valence-electron chi connectivity index (χ4n) is 2.57. The molecule has 0 aromatic carbocycles. The van der Waals surface area contributed by atoms with E-state index in [1.54, 1.807) is 6.92 Å². The molecular weight excluding hydrogens is 274 g/mol. The Morgan fingerprint density at radius 2 is 2.35 bits per heavy atom. The molecule has 6 heteroatoms. The third kappa shape index (κ3) is 3.49. The van der Waals surface area contributed by atoms with E-state index in [-0.39, 0.29) is 5.97 Å². The highest BCUT2D eigenvalue weighted by molar-refractivity contribution is 7.15. The van der Waals surface area contributed by atoms with Crippen LogP contribution in [0.5, 0.6) is 0 Å². The summed E-state index contributed by atoms with van der Waals surface area (Å²) in [5.41, 5.74) is 0.444. The van der Waals surface area contributed by atoms with E-state index in [2.05, 4.69) is 29.2 Å².